The Morgan fingerprint density at radius 3 is 2.75 bits per heavy atom. The maximum atomic E-state index is 14.3. The molecular weight excluding hydrogens is 433 g/mol. The summed E-state index contributed by atoms with van der Waals surface area (Å²) >= 11 is 12.8. The van der Waals surface area contributed by atoms with Gasteiger partial charge in [0, 0.05) is 24.7 Å². The number of carbonyl (C=O) groups excluding carboxylic acids is 1. The third kappa shape index (κ3) is 4.70. The van der Waals surface area contributed by atoms with E-state index < -0.39 is 17.5 Å². The number of hydrogen-bond acceptors (Lipinski definition) is 4. The minimum atomic E-state index is -0.736. The van der Waals surface area contributed by atoms with Crippen LogP contribution in [0, 0.1) is 11.6 Å². The van der Waals surface area contributed by atoms with E-state index >= 15 is 0 Å². The Labute approximate surface area is 172 Å². The van der Waals surface area contributed by atoms with Gasteiger partial charge in [-0.25, -0.2) is 8.78 Å². The van der Waals surface area contributed by atoms with Gasteiger partial charge in [-0.1, -0.05) is 34.5 Å². The first-order valence-electron chi connectivity index (χ1n) is 8.01. The Morgan fingerprint density at radius 1 is 1.25 bits per heavy atom. The predicted molar refractivity (Wildman–Crippen MR) is 104 cm³/mol. The molecule has 10 heteroatoms. The lowest BCUT2D eigenvalue weighted by atomic mass is 10.3. The van der Waals surface area contributed by atoms with Crippen molar-refractivity contribution in [3.8, 4) is 5.75 Å². The van der Waals surface area contributed by atoms with Crippen LogP contribution in [0.1, 0.15) is 0 Å². The van der Waals surface area contributed by atoms with Crippen LogP contribution in [0.25, 0.3) is 10.2 Å². The molecule has 0 bridgehead atoms. The number of ether oxygens (including phenoxy) is 2. The Bertz CT molecular complexity index is 1100. The molecule has 1 amide bonds. The number of rotatable bonds is 6. The van der Waals surface area contributed by atoms with Gasteiger partial charge in [0.1, 0.15) is 11.6 Å². The first-order chi connectivity index (χ1) is 13.4. The molecule has 0 saturated heterocycles. The highest BCUT2D eigenvalue weighted by molar-refractivity contribution is 7.16. The SMILES string of the molecule is COCCn1c(=NC(=O)COc2ccc(Cl)cc2Cl)sc2cc(F)cc(F)c21. The van der Waals surface area contributed by atoms with Gasteiger partial charge in [0.25, 0.3) is 5.91 Å². The van der Waals surface area contributed by atoms with Crippen molar-refractivity contribution in [2.24, 2.45) is 4.99 Å². The van der Waals surface area contributed by atoms with Crippen LogP contribution in [0.5, 0.6) is 5.75 Å². The van der Waals surface area contributed by atoms with Gasteiger partial charge in [-0.3, -0.25) is 4.79 Å². The number of aromatic nitrogens is 1. The summed E-state index contributed by atoms with van der Waals surface area (Å²) in [5.41, 5.74) is 0.164. The summed E-state index contributed by atoms with van der Waals surface area (Å²) in [5, 5.41) is 0.696. The van der Waals surface area contributed by atoms with Gasteiger partial charge < -0.3 is 14.0 Å². The summed E-state index contributed by atoms with van der Waals surface area (Å²) in [6.07, 6.45) is 0. The van der Waals surface area contributed by atoms with E-state index in [0.29, 0.717) is 9.72 Å². The number of carbonyl (C=O) groups is 1. The normalized spacial score (nSPS) is 12.0. The molecule has 3 aromatic rings. The van der Waals surface area contributed by atoms with Crippen molar-refractivity contribution >= 4 is 50.7 Å². The van der Waals surface area contributed by atoms with E-state index in [1.54, 1.807) is 6.07 Å². The van der Waals surface area contributed by atoms with Crippen molar-refractivity contribution in [3.05, 3.63) is 56.8 Å². The third-order valence-electron chi connectivity index (χ3n) is 3.68. The minimum absolute atomic E-state index is 0.164. The van der Waals surface area contributed by atoms with Crippen LogP contribution in [0.4, 0.5) is 8.78 Å². The number of fused-ring (bicyclic) bond motifs is 1. The molecule has 1 heterocycles. The second-order valence-corrected chi connectivity index (χ2v) is 7.49. The molecule has 0 spiro atoms. The highest BCUT2D eigenvalue weighted by Gasteiger charge is 2.14. The molecule has 0 aliphatic carbocycles. The highest BCUT2D eigenvalue weighted by Crippen LogP contribution is 2.27. The minimum Gasteiger partial charge on any atom is -0.482 e. The third-order valence-corrected chi connectivity index (χ3v) is 5.24. The molecule has 148 valence electrons. The summed E-state index contributed by atoms with van der Waals surface area (Å²) in [5.74, 6) is -1.76. The quantitative estimate of drug-likeness (QED) is 0.562. The largest absolute Gasteiger partial charge is 0.482 e. The molecule has 0 unspecified atom stereocenters. The zero-order valence-corrected chi connectivity index (χ0v) is 16.9. The molecule has 3 rings (SSSR count). The molecule has 0 atom stereocenters. The van der Waals surface area contributed by atoms with Crippen LogP contribution < -0.4 is 9.54 Å². The van der Waals surface area contributed by atoms with Crippen molar-refractivity contribution in [1.29, 1.82) is 0 Å². The maximum Gasteiger partial charge on any atom is 0.286 e. The standard InChI is InChI=1S/C18H14Cl2F2N2O3S/c1-26-5-4-24-17-13(22)7-11(21)8-15(17)28-18(24)23-16(25)9-27-14-3-2-10(19)6-12(14)20/h2-3,6-8H,4-5,9H2,1H3. The lowest BCUT2D eigenvalue weighted by molar-refractivity contribution is -0.120. The van der Waals surface area contributed by atoms with Crippen LogP contribution >= 0.6 is 34.5 Å². The fourth-order valence-corrected chi connectivity index (χ4v) is 4.05. The topological polar surface area (TPSA) is 52.8 Å². The number of halogens is 4. The Kier molecular flexibility index (Phi) is 6.66. The van der Waals surface area contributed by atoms with Crippen molar-refractivity contribution < 1.29 is 23.0 Å². The monoisotopic (exact) mass is 446 g/mol. The fraction of sp³-hybridized carbons (Fsp3) is 0.222. The molecule has 0 aliphatic heterocycles. The molecule has 5 nitrogen and oxygen atoms in total. The van der Waals surface area contributed by atoms with E-state index in [2.05, 4.69) is 4.99 Å². The second-order valence-electron chi connectivity index (χ2n) is 5.63. The molecule has 0 fully saturated rings. The molecule has 0 N–H and O–H groups in total. The highest BCUT2D eigenvalue weighted by atomic mass is 35.5. The van der Waals surface area contributed by atoms with Gasteiger partial charge in [-0.05, 0) is 24.3 Å². The fourth-order valence-electron chi connectivity index (χ4n) is 2.48. The van der Waals surface area contributed by atoms with Crippen LogP contribution in [0.3, 0.4) is 0 Å². The average Bonchev–Trinajstić information content (AvgIpc) is 2.96. The first-order valence-corrected chi connectivity index (χ1v) is 9.59. The molecular formula is C18H14Cl2F2N2O3S. The predicted octanol–water partition coefficient (Wildman–Crippen LogP) is 4.44. The van der Waals surface area contributed by atoms with E-state index in [1.807, 2.05) is 0 Å². The number of methoxy groups -OCH3 is 1. The number of thiazole rings is 1. The lowest BCUT2D eigenvalue weighted by Gasteiger charge is -2.06. The molecule has 0 aliphatic rings. The average molecular weight is 447 g/mol. The summed E-state index contributed by atoms with van der Waals surface area (Å²) in [6.45, 7) is 0.132. The van der Waals surface area contributed by atoms with Crippen LogP contribution in [-0.2, 0) is 16.1 Å². The molecule has 0 radical (unpaired) electrons. The van der Waals surface area contributed by atoms with E-state index in [9.17, 15) is 13.6 Å². The summed E-state index contributed by atoms with van der Waals surface area (Å²) in [7, 11) is 1.50. The first kappa shape index (κ1) is 20.7. The maximum absolute atomic E-state index is 14.3. The number of benzene rings is 2. The van der Waals surface area contributed by atoms with Gasteiger partial charge in [-0.15, -0.1) is 0 Å². The van der Waals surface area contributed by atoms with E-state index in [0.717, 1.165) is 17.4 Å². The van der Waals surface area contributed by atoms with Crippen LogP contribution in [0.2, 0.25) is 10.0 Å². The van der Waals surface area contributed by atoms with Crippen LogP contribution in [0.15, 0.2) is 35.3 Å². The van der Waals surface area contributed by atoms with E-state index in [1.165, 1.54) is 29.9 Å². The van der Waals surface area contributed by atoms with Gasteiger partial charge in [0.2, 0.25) is 0 Å². The van der Waals surface area contributed by atoms with Crippen molar-refractivity contribution in [2.45, 2.75) is 6.54 Å². The number of nitrogens with zero attached hydrogens (tertiary/aromatic N) is 2. The zero-order chi connectivity index (χ0) is 20.3. The Morgan fingerprint density at radius 2 is 2.04 bits per heavy atom. The van der Waals surface area contributed by atoms with Crippen molar-refractivity contribution in [1.82, 2.24) is 4.57 Å². The molecule has 1 aromatic heterocycles. The van der Waals surface area contributed by atoms with Gasteiger partial charge >= 0.3 is 0 Å². The van der Waals surface area contributed by atoms with E-state index in [-0.39, 0.29) is 40.8 Å². The van der Waals surface area contributed by atoms with Crippen molar-refractivity contribution in [2.75, 3.05) is 20.3 Å². The second kappa shape index (κ2) is 9.00. The summed E-state index contributed by atoms with van der Waals surface area (Å²) in [6, 6.07) is 6.58. The molecule has 2 aromatic carbocycles. The van der Waals surface area contributed by atoms with Gasteiger partial charge in [0.05, 0.1) is 21.8 Å². The molecule has 28 heavy (non-hydrogen) atoms. The zero-order valence-electron chi connectivity index (χ0n) is 14.5. The Balaban J connectivity index is 1.91. The van der Waals surface area contributed by atoms with Crippen LogP contribution in [-0.4, -0.2) is 30.8 Å². The van der Waals surface area contributed by atoms with Gasteiger partial charge in [-0.2, -0.15) is 4.99 Å². The number of amides is 1. The number of hydrogen-bond donors (Lipinski definition) is 0. The molecule has 0 saturated carbocycles. The Hall–Kier alpha value is -2.00. The summed E-state index contributed by atoms with van der Waals surface area (Å²) < 4.78 is 40.0. The van der Waals surface area contributed by atoms with Gasteiger partial charge in [0.15, 0.2) is 17.2 Å². The lowest BCUT2D eigenvalue weighted by Crippen LogP contribution is -2.21. The van der Waals surface area contributed by atoms with Crippen molar-refractivity contribution in [3.63, 3.8) is 0 Å². The summed E-state index contributed by atoms with van der Waals surface area (Å²) in [4.78, 5) is 16.5. The smallest absolute Gasteiger partial charge is 0.286 e. The van der Waals surface area contributed by atoms with E-state index in [4.69, 9.17) is 32.7 Å².